The van der Waals surface area contributed by atoms with E-state index >= 15 is 0 Å². The second-order valence-electron chi connectivity index (χ2n) is 4.35. The van der Waals surface area contributed by atoms with E-state index in [0.29, 0.717) is 16.5 Å². The molecule has 0 aliphatic rings. The van der Waals surface area contributed by atoms with Gasteiger partial charge in [0.05, 0.1) is 4.90 Å². The van der Waals surface area contributed by atoms with Crippen LogP contribution in [0.2, 0.25) is 0 Å². The van der Waals surface area contributed by atoms with E-state index in [-0.39, 0.29) is 4.90 Å². The van der Waals surface area contributed by atoms with Gasteiger partial charge in [0.2, 0.25) is 10.0 Å². The van der Waals surface area contributed by atoms with Crippen LogP contribution in [-0.4, -0.2) is 37.4 Å². The van der Waals surface area contributed by atoms with Crippen LogP contribution in [0.3, 0.4) is 0 Å². The number of hydrogen-bond acceptors (Lipinski definition) is 4. The largest absolute Gasteiger partial charge is 0.480 e. The average molecular weight is 294 g/mol. The number of nitrogen functional groups attached to an aromatic ring is 1. The number of nitrogens with two attached hydrogens (primary N) is 1. The van der Waals surface area contributed by atoms with Gasteiger partial charge < -0.3 is 10.8 Å². The van der Waals surface area contributed by atoms with Gasteiger partial charge in [-0.2, -0.15) is 4.31 Å². The predicted molar refractivity (Wildman–Crippen MR) is 75.8 cm³/mol. The molecule has 0 unspecified atom stereocenters. The third kappa shape index (κ3) is 2.45. The summed E-state index contributed by atoms with van der Waals surface area (Å²) in [7, 11) is -2.65. The van der Waals surface area contributed by atoms with E-state index in [9.17, 15) is 13.2 Å². The lowest BCUT2D eigenvalue weighted by molar-refractivity contribution is -0.137. The van der Waals surface area contributed by atoms with Crippen molar-refractivity contribution in [1.29, 1.82) is 0 Å². The lowest BCUT2D eigenvalue weighted by Crippen LogP contribution is -2.32. The highest BCUT2D eigenvalue weighted by Crippen LogP contribution is 2.29. The first-order chi connectivity index (χ1) is 9.34. The molecule has 0 saturated carbocycles. The molecule has 0 bridgehead atoms. The third-order valence-electron chi connectivity index (χ3n) is 2.96. The van der Waals surface area contributed by atoms with Gasteiger partial charge in [-0.15, -0.1) is 0 Å². The quantitative estimate of drug-likeness (QED) is 0.823. The Kier molecular flexibility index (Phi) is 3.65. The zero-order chi connectivity index (χ0) is 14.9. The van der Waals surface area contributed by atoms with Crippen molar-refractivity contribution in [1.82, 2.24) is 4.31 Å². The molecule has 0 saturated heterocycles. The van der Waals surface area contributed by atoms with Gasteiger partial charge in [-0.25, -0.2) is 8.42 Å². The van der Waals surface area contributed by atoms with Gasteiger partial charge >= 0.3 is 5.97 Å². The molecule has 106 valence electrons. The number of carbonyl (C=O) groups is 1. The minimum atomic E-state index is -3.88. The Morgan fingerprint density at radius 3 is 2.40 bits per heavy atom. The van der Waals surface area contributed by atoms with Crippen LogP contribution in [-0.2, 0) is 14.8 Å². The number of aliphatic carboxylic acids is 1. The highest BCUT2D eigenvalue weighted by atomic mass is 32.2. The van der Waals surface area contributed by atoms with Gasteiger partial charge in [0.1, 0.15) is 6.54 Å². The van der Waals surface area contributed by atoms with Crippen molar-refractivity contribution < 1.29 is 18.3 Å². The average Bonchev–Trinajstić information content (AvgIpc) is 2.38. The molecule has 2 rings (SSSR count). The number of hydrogen-bond donors (Lipinski definition) is 2. The molecule has 2 aromatic rings. The first-order valence-corrected chi connectivity index (χ1v) is 7.23. The molecule has 6 nitrogen and oxygen atoms in total. The molecule has 0 aromatic heterocycles. The second-order valence-corrected chi connectivity index (χ2v) is 6.37. The summed E-state index contributed by atoms with van der Waals surface area (Å²) in [6.45, 7) is -0.596. The summed E-state index contributed by atoms with van der Waals surface area (Å²) in [5.74, 6) is -1.21. The van der Waals surface area contributed by atoms with Crippen molar-refractivity contribution in [2.75, 3.05) is 19.3 Å². The lowest BCUT2D eigenvalue weighted by Gasteiger charge is -2.17. The van der Waals surface area contributed by atoms with Crippen molar-refractivity contribution in [3.05, 3.63) is 36.4 Å². The van der Waals surface area contributed by atoms with Gasteiger partial charge in [0, 0.05) is 23.5 Å². The van der Waals surface area contributed by atoms with Crippen molar-refractivity contribution in [2.24, 2.45) is 0 Å². The van der Waals surface area contributed by atoms with Gasteiger partial charge in [0.25, 0.3) is 0 Å². The van der Waals surface area contributed by atoms with Crippen LogP contribution in [0.5, 0.6) is 0 Å². The summed E-state index contributed by atoms with van der Waals surface area (Å²) < 4.78 is 25.6. The van der Waals surface area contributed by atoms with Gasteiger partial charge in [-0.3, -0.25) is 4.79 Å². The molecule has 0 amide bonds. The van der Waals surface area contributed by atoms with E-state index in [1.165, 1.54) is 19.2 Å². The maximum atomic E-state index is 12.4. The summed E-state index contributed by atoms with van der Waals surface area (Å²) in [6.07, 6.45) is 0. The van der Waals surface area contributed by atoms with Gasteiger partial charge in [-0.05, 0) is 12.1 Å². The highest BCUT2D eigenvalue weighted by molar-refractivity contribution is 7.89. The van der Waals surface area contributed by atoms with E-state index in [1.807, 2.05) is 0 Å². The Balaban J connectivity index is 2.64. The van der Waals surface area contributed by atoms with E-state index in [2.05, 4.69) is 0 Å². The topological polar surface area (TPSA) is 101 Å². The minimum absolute atomic E-state index is 0.0473. The summed E-state index contributed by atoms with van der Waals surface area (Å²) in [5.41, 5.74) is 6.30. The van der Waals surface area contributed by atoms with E-state index in [4.69, 9.17) is 10.8 Å². The van der Waals surface area contributed by atoms with Crippen LogP contribution in [0.1, 0.15) is 0 Å². The second kappa shape index (κ2) is 5.10. The number of rotatable bonds is 4. The maximum absolute atomic E-state index is 12.4. The Morgan fingerprint density at radius 2 is 1.80 bits per heavy atom. The fraction of sp³-hybridized carbons (Fsp3) is 0.154. The summed E-state index contributed by atoms with van der Waals surface area (Å²) in [4.78, 5) is 10.7. The number of nitrogens with zero attached hydrogens (tertiary/aromatic N) is 1. The van der Waals surface area contributed by atoms with Crippen LogP contribution in [0.4, 0.5) is 5.69 Å². The summed E-state index contributed by atoms with van der Waals surface area (Å²) in [6, 6.07) is 9.73. The van der Waals surface area contributed by atoms with E-state index in [1.54, 1.807) is 24.3 Å². The molecule has 3 N–H and O–H groups in total. The number of carboxylic acids is 1. The number of sulfonamides is 1. The maximum Gasteiger partial charge on any atom is 0.318 e. The molecule has 0 radical (unpaired) electrons. The van der Waals surface area contributed by atoms with Crippen molar-refractivity contribution >= 4 is 32.5 Å². The van der Waals surface area contributed by atoms with Gasteiger partial charge in [-0.1, -0.05) is 24.3 Å². The Hall–Kier alpha value is -2.12. The van der Waals surface area contributed by atoms with Crippen LogP contribution < -0.4 is 5.73 Å². The van der Waals surface area contributed by atoms with E-state index in [0.717, 1.165) is 4.31 Å². The molecule has 0 atom stereocenters. The van der Waals surface area contributed by atoms with Crippen LogP contribution >= 0.6 is 0 Å². The molecule has 0 heterocycles. The highest BCUT2D eigenvalue weighted by Gasteiger charge is 2.25. The summed E-state index contributed by atoms with van der Waals surface area (Å²) in [5, 5.41) is 9.82. The molecule has 0 fully saturated rings. The zero-order valence-corrected chi connectivity index (χ0v) is 11.6. The number of carboxylic acid groups (broad SMARTS) is 1. The molecule has 0 spiro atoms. The number of likely N-dealkylation sites (N-methyl/N-ethyl adjacent to an activating group) is 1. The number of benzene rings is 2. The monoisotopic (exact) mass is 294 g/mol. The molecule has 0 aliphatic carbocycles. The minimum Gasteiger partial charge on any atom is -0.480 e. The molecular weight excluding hydrogens is 280 g/mol. The Labute approximate surface area is 116 Å². The Bertz CT molecular complexity index is 771. The van der Waals surface area contributed by atoms with Crippen molar-refractivity contribution in [3.8, 4) is 0 Å². The summed E-state index contributed by atoms with van der Waals surface area (Å²) >= 11 is 0. The fourth-order valence-electron chi connectivity index (χ4n) is 1.96. The van der Waals surface area contributed by atoms with Crippen LogP contribution in [0.25, 0.3) is 10.8 Å². The normalized spacial score (nSPS) is 11.9. The smallest absolute Gasteiger partial charge is 0.318 e. The number of fused-ring (bicyclic) bond motifs is 1. The SMILES string of the molecule is CN(CC(=O)O)S(=O)(=O)c1ccc(N)c2ccccc12. The molecular formula is C13H14N2O4S. The molecule has 7 heteroatoms. The lowest BCUT2D eigenvalue weighted by atomic mass is 10.1. The van der Waals surface area contributed by atoms with Crippen LogP contribution in [0, 0.1) is 0 Å². The zero-order valence-electron chi connectivity index (χ0n) is 10.8. The third-order valence-corrected chi connectivity index (χ3v) is 4.83. The van der Waals surface area contributed by atoms with Gasteiger partial charge in [0.15, 0.2) is 0 Å². The molecule has 20 heavy (non-hydrogen) atoms. The van der Waals surface area contributed by atoms with Crippen molar-refractivity contribution in [3.63, 3.8) is 0 Å². The molecule has 2 aromatic carbocycles. The predicted octanol–water partition coefficient (Wildman–Crippen LogP) is 1.13. The van der Waals surface area contributed by atoms with Crippen molar-refractivity contribution in [2.45, 2.75) is 4.90 Å². The fourth-order valence-corrected chi connectivity index (χ4v) is 3.28. The first-order valence-electron chi connectivity index (χ1n) is 5.79. The first kappa shape index (κ1) is 14.3. The van der Waals surface area contributed by atoms with E-state index < -0.39 is 22.5 Å². The van der Waals surface area contributed by atoms with Crippen LogP contribution in [0.15, 0.2) is 41.3 Å². The number of anilines is 1. The Morgan fingerprint density at radius 1 is 1.20 bits per heavy atom. The standard InChI is InChI=1S/C13H14N2O4S/c1-15(8-13(16)17)20(18,19)12-7-6-11(14)9-4-2-3-5-10(9)12/h2-7H,8,14H2,1H3,(H,16,17). The molecule has 0 aliphatic heterocycles.